The lowest BCUT2D eigenvalue weighted by Crippen LogP contribution is -2.28. The zero-order chi connectivity index (χ0) is 20.0. The Morgan fingerprint density at radius 3 is 2.70 bits per heavy atom. The minimum absolute atomic E-state index is 0.151. The highest BCUT2D eigenvalue weighted by Crippen LogP contribution is 2.27. The summed E-state index contributed by atoms with van der Waals surface area (Å²) >= 11 is 0. The number of hydrogen-bond acceptors (Lipinski definition) is 3. The summed E-state index contributed by atoms with van der Waals surface area (Å²) in [4.78, 5) is 27.3. The summed E-state index contributed by atoms with van der Waals surface area (Å²) in [6.45, 7) is 10.0. The molecular formula is C22H30N2O3. The molecule has 0 bridgehead atoms. The number of fused-ring (bicyclic) bond motifs is 1. The van der Waals surface area contributed by atoms with Crippen molar-refractivity contribution in [2.45, 2.75) is 66.5 Å². The molecule has 0 saturated heterocycles. The Morgan fingerprint density at radius 1 is 1.26 bits per heavy atom. The topological polar surface area (TPSA) is 71.2 Å². The van der Waals surface area contributed by atoms with Crippen LogP contribution in [0.5, 0.6) is 5.75 Å². The normalized spacial score (nSPS) is 15.5. The molecule has 1 aliphatic heterocycles. The summed E-state index contributed by atoms with van der Waals surface area (Å²) in [6.07, 6.45) is 3.19. The highest BCUT2D eigenvalue weighted by molar-refractivity contribution is 5.94. The zero-order valence-electron chi connectivity index (χ0n) is 16.9. The molecule has 0 aliphatic carbocycles. The van der Waals surface area contributed by atoms with Crippen LogP contribution in [-0.2, 0) is 13.0 Å². The molecule has 27 heavy (non-hydrogen) atoms. The van der Waals surface area contributed by atoms with Gasteiger partial charge in [-0.15, -0.1) is 0 Å². The fourth-order valence-electron chi connectivity index (χ4n) is 3.26. The van der Waals surface area contributed by atoms with Gasteiger partial charge in [0.1, 0.15) is 5.75 Å². The van der Waals surface area contributed by atoms with Crippen LogP contribution in [-0.4, -0.2) is 17.0 Å². The molecule has 1 amide bonds. The molecule has 5 nitrogen and oxygen atoms in total. The number of H-pyrrole nitrogens is 1. The van der Waals surface area contributed by atoms with Crippen molar-refractivity contribution in [3.05, 3.63) is 62.6 Å². The standard InChI is InChI=1S/C20H24N2O3.C2H6/c1-12-9-13(2)22-20(24)17(12)11-21-19(23)16-7-8-18-15(10-16)6-4-5-14(3)25-18;1-2/h7-10,14H,4-6,11H2,1-3H3,(H,21,23)(H,22,24);1-2H3. The summed E-state index contributed by atoms with van der Waals surface area (Å²) in [5.74, 6) is 0.687. The monoisotopic (exact) mass is 370 g/mol. The number of aryl methyl sites for hydroxylation is 3. The average molecular weight is 370 g/mol. The average Bonchev–Trinajstić information content (AvgIpc) is 2.82. The Bertz CT molecular complexity index is 855. The lowest BCUT2D eigenvalue weighted by molar-refractivity contribution is 0.0950. The summed E-state index contributed by atoms with van der Waals surface area (Å²) in [7, 11) is 0. The largest absolute Gasteiger partial charge is 0.490 e. The molecule has 1 atom stereocenters. The number of hydrogen-bond donors (Lipinski definition) is 2. The van der Waals surface area contributed by atoms with E-state index in [0.717, 1.165) is 41.8 Å². The van der Waals surface area contributed by atoms with Crippen molar-refractivity contribution in [2.75, 3.05) is 0 Å². The lowest BCUT2D eigenvalue weighted by Gasteiger charge is -2.13. The van der Waals surface area contributed by atoms with Gasteiger partial charge in [0.05, 0.1) is 6.10 Å². The number of amides is 1. The van der Waals surface area contributed by atoms with E-state index in [1.165, 1.54) is 0 Å². The lowest BCUT2D eigenvalue weighted by atomic mass is 10.0. The van der Waals surface area contributed by atoms with Crippen LogP contribution < -0.4 is 15.6 Å². The molecule has 0 saturated carbocycles. The minimum atomic E-state index is -0.181. The van der Waals surface area contributed by atoms with Gasteiger partial charge in [0, 0.05) is 23.4 Å². The quantitative estimate of drug-likeness (QED) is 0.856. The Morgan fingerprint density at radius 2 is 2.00 bits per heavy atom. The van der Waals surface area contributed by atoms with Crippen molar-refractivity contribution in [3.8, 4) is 5.75 Å². The van der Waals surface area contributed by atoms with Crippen LogP contribution in [0, 0.1) is 13.8 Å². The molecule has 146 valence electrons. The van der Waals surface area contributed by atoms with Gasteiger partial charge >= 0.3 is 0 Å². The van der Waals surface area contributed by atoms with Crippen molar-refractivity contribution in [1.82, 2.24) is 10.3 Å². The van der Waals surface area contributed by atoms with Crippen LogP contribution in [0.2, 0.25) is 0 Å². The second kappa shape index (κ2) is 9.40. The fraction of sp³-hybridized carbons (Fsp3) is 0.455. The number of nitrogens with one attached hydrogen (secondary N) is 2. The molecule has 1 aromatic carbocycles. The third kappa shape index (κ3) is 5.22. The van der Waals surface area contributed by atoms with Crippen LogP contribution in [0.1, 0.15) is 66.4 Å². The maximum atomic E-state index is 12.5. The van der Waals surface area contributed by atoms with E-state index in [1.807, 2.05) is 45.9 Å². The molecule has 5 heteroatoms. The summed E-state index contributed by atoms with van der Waals surface area (Å²) in [6, 6.07) is 7.45. The molecule has 0 radical (unpaired) electrons. The molecule has 0 spiro atoms. The Kier molecular flexibility index (Phi) is 7.22. The van der Waals surface area contributed by atoms with Crippen molar-refractivity contribution in [3.63, 3.8) is 0 Å². The van der Waals surface area contributed by atoms with E-state index < -0.39 is 0 Å². The van der Waals surface area contributed by atoms with Gasteiger partial charge in [-0.1, -0.05) is 13.8 Å². The molecule has 3 rings (SSSR count). The van der Waals surface area contributed by atoms with Crippen LogP contribution >= 0.6 is 0 Å². The van der Waals surface area contributed by atoms with Gasteiger partial charge in [0.15, 0.2) is 0 Å². The van der Waals surface area contributed by atoms with Crippen LogP contribution in [0.15, 0.2) is 29.1 Å². The van der Waals surface area contributed by atoms with Gasteiger partial charge in [0.2, 0.25) is 0 Å². The van der Waals surface area contributed by atoms with Crippen molar-refractivity contribution in [1.29, 1.82) is 0 Å². The molecule has 2 aromatic rings. The third-order valence-corrected chi connectivity index (χ3v) is 4.63. The first-order valence-corrected chi connectivity index (χ1v) is 9.71. The van der Waals surface area contributed by atoms with Gasteiger partial charge in [-0.2, -0.15) is 0 Å². The van der Waals surface area contributed by atoms with Gasteiger partial charge in [-0.25, -0.2) is 0 Å². The smallest absolute Gasteiger partial charge is 0.253 e. The molecule has 1 aromatic heterocycles. The van der Waals surface area contributed by atoms with E-state index >= 15 is 0 Å². The molecule has 2 heterocycles. The first-order chi connectivity index (χ1) is 12.9. The number of rotatable bonds is 3. The van der Waals surface area contributed by atoms with Crippen LogP contribution in [0.4, 0.5) is 0 Å². The predicted octanol–water partition coefficient (Wildman–Crippen LogP) is 4.05. The first-order valence-electron chi connectivity index (χ1n) is 9.71. The molecule has 2 N–H and O–H groups in total. The zero-order valence-corrected chi connectivity index (χ0v) is 16.9. The van der Waals surface area contributed by atoms with Crippen LogP contribution in [0.25, 0.3) is 0 Å². The van der Waals surface area contributed by atoms with E-state index in [0.29, 0.717) is 11.1 Å². The summed E-state index contributed by atoms with van der Waals surface area (Å²) < 4.78 is 5.89. The number of benzene rings is 1. The van der Waals surface area contributed by atoms with Crippen molar-refractivity contribution < 1.29 is 9.53 Å². The predicted molar refractivity (Wildman–Crippen MR) is 109 cm³/mol. The number of aromatic amines is 1. The van der Waals surface area contributed by atoms with Crippen LogP contribution in [0.3, 0.4) is 0 Å². The summed E-state index contributed by atoms with van der Waals surface area (Å²) in [5.41, 5.74) is 3.80. The highest BCUT2D eigenvalue weighted by atomic mass is 16.5. The Hall–Kier alpha value is -2.56. The van der Waals surface area contributed by atoms with Gasteiger partial charge < -0.3 is 15.0 Å². The molecule has 1 unspecified atom stereocenters. The maximum Gasteiger partial charge on any atom is 0.253 e. The molecular weight excluding hydrogens is 340 g/mol. The number of pyridine rings is 1. The second-order valence-corrected chi connectivity index (χ2v) is 6.77. The first kappa shape index (κ1) is 20.7. The summed E-state index contributed by atoms with van der Waals surface area (Å²) in [5, 5.41) is 2.85. The maximum absolute atomic E-state index is 12.5. The van der Waals surface area contributed by atoms with E-state index in [1.54, 1.807) is 6.07 Å². The fourth-order valence-corrected chi connectivity index (χ4v) is 3.26. The Balaban J connectivity index is 0.00000126. The minimum Gasteiger partial charge on any atom is -0.490 e. The highest BCUT2D eigenvalue weighted by Gasteiger charge is 2.16. The van der Waals surface area contributed by atoms with Gasteiger partial charge in [0.25, 0.3) is 11.5 Å². The van der Waals surface area contributed by atoms with Gasteiger partial charge in [-0.05, 0) is 75.4 Å². The second-order valence-electron chi connectivity index (χ2n) is 6.77. The van der Waals surface area contributed by atoms with Gasteiger partial charge in [-0.3, -0.25) is 9.59 Å². The number of carbonyl (C=O) groups is 1. The number of carbonyl (C=O) groups excluding carboxylic acids is 1. The SMILES string of the molecule is CC.Cc1cc(C)c(CNC(=O)c2ccc3c(c2)CCCC(C)O3)c(=O)[nH]1. The number of aromatic nitrogens is 1. The Labute approximate surface area is 161 Å². The molecule has 0 fully saturated rings. The van der Waals surface area contributed by atoms with Crippen molar-refractivity contribution >= 4 is 5.91 Å². The van der Waals surface area contributed by atoms with E-state index in [9.17, 15) is 9.59 Å². The third-order valence-electron chi connectivity index (χ3n) is 4.63. The van der Waals surface area contributed by atoms with E-state index in [4.69, 9.17) is 4.74 Å². The van der Waals surface area contributed by atoms with E-state index in [-0.39, 0.29) is 24.1 Å². The van der Waals surface area contributed by atoms with Crippen molar-refractivity contribution in [2.24, 2.45) is 0 Å². The molecule has 1 aliphatic rings. The number of ether oxygens (including phenoxy) is 1. The van der Waals surface area contributed by atoms with E-state index in [2.05, 4.69) is 17.2 Å².